The minimum Gasteiger partial charge on any atom is -0.383 e. The summed E-state index contributed by atoms with van der Waals surface area (Å²) >= 11 is 0. The van der Waals surface area contributed by atoms with Gasteiger partial charge in [0, 0.05) is 37.8 Å². The third-order valence-electron chi connectivity index (χ3n) is 3.46. The average Bonchev–Trinajstić information content (AvgIpc) is 2.21. The predicted molar refractivity (Wildman–Crippen MR) is 68.8 cm³/mol. The van der Waals surface area contributed by atoms with Gasteiger partial charge in [0.15, 0.2) is 0 Å². The summed E-state index contributed by atoms with van der Waals surface area (Å²) in [5.41, 5.74) is 0.228. The first kappa shape index (κ1) is 13.9. The molecule has 96 valence electrons. The van der Waals surface area contributed by atoms with Gasteiger partial charge in [0.05, 0.1) is 6.61 Å². The van der Waals surface area contributed by atoms with Gasteiger partial charge in [-0.1, -0.05) is 13.3 Å². The maximum absolute atomic E-state index is 5.29. The van der Waals surface area contributed by atoms with Gasteiger partial charge in [-0.3, -0.25) is 4.90 Å². The zero-order chi connectivity index (χ0) is 12.2. The maximum atomic E-state index is 5.29. The van der Waals surface area contributed by atoms with Crippen LogP contribution in [0.4, 0.5) is 0 Å². The molecule has 3 heteroatoms. The van der Waals surface area contributed by atoms with Crippen molar-refractivity contribution in [3.63, 3.8) is 0 Å². The summed E-state index contributed by atoms with van der Waals surface area (Å²) in [4.78, 5) is 2.61. The average molecular weight is 228 g/mol. The van der Waals surface area contributed by atoms with Gasteiger partial charge in [-0.2, -0.15) is 0 Å². The highest BCUT2D eigenvalue weighted by molar-refractivity contribution is 4.93. The van der Waals surface area contributed by atoms with Gasteiger partial charge >= 0.3 is 0 Å². The number of rotatable bonds is 5. The van der Waals surface area contributed by atoms with Gasteiger partial charge in [-0.15, -0.1) is 0 Å². The molecule has 0 aromatic carbocycles. The van der Waals surface area contributed by atoms with E-state index in [9.17, 15) is 0 Å². The fourth-order valence-corrected chi connectivity index (χ4v) is 2.61. The van der Waals surface area contributed by atoms with Gasteiger partial charge in [-0.05, 0) is 27.2 Å². The topological polar surface area (TPSA) is 24.5 Å². The highest BCUT2D eigenvalue weighted by Gasteiger charge is 2.34. The first-order valence-corrected chi connectivity index (χ1v) is 6.50. The van der Waals surface area contributed by atoms with Crippen molar-refractivity contribution >= 4 is 0 Å². The molecule has 1 aliphatic rings. The van der Waals surface area contributed by atoms with E-state index in [1.54, 1.807) is 7.11 Å². The number of hydrogen-bond acceptors (Lipinski definition) is 3. The van der Waals surface area contributed by atoms with Crippen LogP contribution in [-0.2, 0) is 4.74 Å². The Balaban J connectivity index is 2.63. The fourth-order valence-electron chi connectivity index (χ4n) is 2.61. The molecule has 1 heterocycles. The van der Waals surface area contributed by atoms with Gasteiger partial charge < -0.3 is 10.1 Å². The van der Waals surface area contributed by atoms with E-state index in [1.807, 2.05) is 0 Å². The first-order valence-electron chi connectivity index (χ1n) is 6.50. The lowest BCUT2D eigenvalue weighted by molar-refractivity contribution is 0.0204. The van der Waals surface area contributed by atoms with Crippen LogP contribution in [0.1, 0.15) is 40.5 Å². The van der Waals surface area contributed by atoms with Crippen LogP contribution in [0.2, 0.25) is 0 Å². The zero-order valence-corrected chi connectivity index (χ0v) is 11.5. The third-order valence-corrected chi connectivity index (χ3v) is 3.46. The van der Waals surface area contributed by atoms with Crippen LogP contribution in [0, 0.1) is 0 Å². The molecule has 2 unspecified atom stereocenters. The molecule has 0 aliphatic carbocycles. The van der Waals surface area contributed by atoms with E-state index in [1.165, 1.54) is 12.8 Å². The summed E-state index contributed by atoms with van der Waals surface area (Å²) in [5.74, 6) is 0. The molecule has 3 nitrogen and oxygen atoms in total. The van der Waals surface area contributed by atoms with Crippen LogP contribution < -0.4 is 5.32 Å². The molecule has 1 saturated heterocycles. The van der Waals surface area contributed by atoms with Crippen molar-refractivity contribution in [2.24, 2.45) is 0 Å². The second kappa shape index (κ2) is 5.99. The molecule has 1 fully saturated rings. The summed E-state index contributed by atoms with van der Waals surface area (Å²) < 4.78 is 5.29. The van der Waals surface area contributed by atoms with Gasteiger partial charge in [-0.25, -0.2) is 0 Å². The van der Waals surface area contributed by atoms with Crippen LogP contribution in [0.15, 0.2) is 0 Å². The molecule has 0 radical (unpaired) electrons. The standard InChI is InChI=1S/C13H28N2O/c1-6-7-12-8-14-13(3,4)10-15(12)11(2)9-16-5/h11-12,14H,6-10H2,1-5H3. The molecule has 1 N–H and O–H groups in total. The molecule has 0 amide bonds. The van der Waals surface area contributed by atoms with E-state index in [4.69, 9.17) is 4.74 Å². The van der Waals surface area contributed by atoms with Gasteiger partial charge in [0.2, 0.25) is 0 Å². The molecule has 2 atom stereocenters. The van der Waals surface area contributed by atoms with E-state index in [0.717, 1.165) is 19.7 Å². The summed E-state index contributed by atoms with van der Waals surface area (Å²) in [5, 5.41) is 3.64. The molecule has 16 heavy (non-hydrogen) atoms. The Morgan fingerprint density at radius 2 is 2.19 bits per heavy atom. The van der Waals surface area contributed by atoms with E-state index in [0.29, 0.717) is 12.1 Å². The van der Waals surface area contributed by atoms with Crippen LogP contribution >= 0.6 is 0 Å². The molecule has 1 rings (SSSR count). The number of hydrogen-bond donors (Lipinski definition) is 1. The van der Waals surface area contributed by atoms with E-state index in [2.05, 4.69) is 37.9 Å². The highest BCUT2D eigenvalue weighted by atomic mass is 16.5. The zero-order valence-electron chi connectivity index (χ0n) is 11.5. The Labute approximate surface area is 101 Å². The van der Waals surface area contributed by atoms with Crippen molar-refractivity contribution in [2.45, 2.75) is 58.2 Å². The molecular formula is C13H28N2O. The molecular weight excluding hydrogens is 200 g/mol. The molecule has 0 bridgehead atoms. The Kier molecular flexibility index (Phi) is 5.22. The fraction of sp³-hybridized carbons (Fsp3) is 1.00. The van der Waals surface area contributed by atoms with Crippen LogP contribution in [0.5, 0.6) is 0 Å². The number of nitrogens with one attached hydrogen (secondary N) is 1. The SMILES string of the molecule is CCCC1CNC(C)(C)CN1C(C)COC. The monoisotopic (exact) mass is 228 g/mol. The molecule has 0 spiro atoms. The largest absolute Gasteiger partial charge is 0.383 e. The summed E-state index contributed by atoms with van der Waals surface area (Å²) in [7, 11) is 1.79. The molecule has 0 aromatic rings. The lowest BCUT2D eigenvalue weighted by Gasteiger charge is -2.47. The minimum absolute atomic E-state index is 0.228. The van der Waals surface area contributed by atoms with Crippen molar-refractivity contribution in [1.29, 1.82) is 0 Å². The Morgan fingerprint density at radius 1 is 1.50 bits per heavy atom. The number of piperazine rings is 1. The summed E-state index contributed by atoms with van der Waals surface area (Å²) in [6, 6.07) is 1.19. The van der Waals surface area contributed by atoms with Crippen LogP contribution in [0.3, 0.4) is 0 Å². The quantitative estimate of drug-likeness (QED) is 0.777. The highest BCUT2D eigenvalue weighted by Crippen LogP contribution is 2.20. The van der Waals surface area contributed by atoms with Crippen molar-refractivity contribution in [2.75, 3.05) is 26.8 Å². The van der Waals surface area contributed by atoms with E-state index >= 15 is 0 Å². The Hall–Kier alpha value is -0.120. The van der Waals surface area contributed by atoms with Crippen LogP contribution in [-0.4, -0.2) is 49.3 Å². The number of ether oxygens (including phenoxy) is 1. The molecule has 1 aliphatic heterocycles. The van der Waals surface area contributed by atoms with E-state index in [-0.39, 0.29) is 5.54 Å². The second-order valence-electron chi connectivity index (χ2n) is 5.68. The van der Waals surface area contributed by atoms with Gasteiger partial charge in [0.25, 0.3) is 0 Å². The van der Waals surface area contributed by atoms with Crippen molar-refractivity contribution in [3.05, 3.63) is 0 Å². The summed E-state index contributed by atoms with van der Waals surface area (Å²) in [6.45, 7) is 12.1. The normalized spacial score (nSPS) is 27.9. The predicted octanol–water partition coefficient (Wildman–Crippen LogP) is 1.87. The third kappa shape index (κ3) is 3.72. The lowest BCUT2D eigenvalue weighted by Crippen LogP contribution is -2.64. The number of methoxy groups -OCH3 is 1. The van der Waals surface area contributed by atoms with Crippen molar-refractivity contribution in [1.82, 2.24) is 10.2 Å². The smallest absolute Gasteiger partial charge is 0.0615 e. The lowest BCUT2D eigenvalue weighted by atomic mass is 9.95. The van der Waals surface area contributed by atoms with Crippen molar-refractivity contribution < 1.29 is 4.74 Å². The summed E-state index contributed by atoms with van der Waals surface area (Å²) in [6.07, 6.45) is 2.53. The van der Waals surface area contributed by atoms with Crippen LogP contribution in [0.25, 0.3) is 0 Å². The maximum Gasteiger partial charge on any atom is 0.0615 e. The van der Waals surface area contributed by atoms with Gasteiger partial charge in [0.1, 0.15) is 0 Å². The minimum atomic E-state index is 0.228. The molecule has 0 saturated carbocycles. The Morgan fingerprint density at radius 3 is 2.75 bits per heavy atom. The van der Waals surface area contributed by atoms with Crippen molar-refractivity contribution in [3.8, 4) is 0 Å². The van der Waals surface area contributed by atoms with E-state index < -0.39 is 0 Å². The number of nitrogens with zero attached hydrogens (tertiary/aromatic N) is 1. The Bertz CT molecular complexity index is 206. The molecule has 0 aromatic heterocycles. The first-order chi connectivity index (χ1) is 7.50. The second-order valence-corrected chi connectivity index (χ2v) is 5.68.